The van der Waals surface area contributed by atoms with E-state index in [1.165, 1.54) is 0 Å². The van der Waals surface area contributed by atoms with Gasteiger partial charge in [0.25, 0.3) is 0 Å². The van der Waals surface area contributed by atoms with E-state index in [9.17, 15) is 0 Å². The molecule has 1 aliphatic rings. The molecule has 13 heavy (non-hydrogen) atoms. The van der Waals surface area contributed by atoms with Gasteiger partial charge in [0.15, 0.2) is 5.47 Å². The molecule has 4 heteroatoms. The van der Waals surface area contributed by atoms with Crippen LogP contribution in [-0.4, -0.2) is 6.10 Å². The monoisotopic (exact) mass is 232 g/mol. The Morgan fingerprint density at radius 3 is 2.92 bits per heavy atom. The van der Waals surface area contributed by atoms with Crippen molar-refractivity contribution in [2.45, 2.75) is 26.4 Å². The maximum absolute atomic E-state index is 5.69. The minimum Gasteiger partial charge on any atom is -0.335 e. The van der Waals surface area contributed by atoms with Crippen molar-refractivity contribution >= 4 is 29.5 Å². The van der Waals surface area contributed by atoms with Crippen LogP contribution in [0.4, 0.5) is 0 Å². The first kappa shape index (κ1) is 11.3. The van der Waals surface area contributed by atoms with Crippen LogP contribution in [0.2, 0.25) is 0 Å². The van der Waals surface area contributed by atoms with Crippen molar-refractivity contribution in [3.8, 4) is 0 Å². The number of rotatable bonds is 4. The number of hydrogen-bond acceptors (Lipinski definition) is 2. The fourth-order valence-corrected chi connectivity index (χ4v) is 3.77. The van der Waals surface area contributed by atoms with E-state index in [1.807, 2.05) is 25.2 Å². The van der Waals surface area contributed by atoms with Crippen molar-refractivity contribution in [1.29, 1.82) is 0 Å². The summed E-state index contributed by atoms with van der Waals surface area (Å²) in [5.74, 6) is 0. The quantitative estimate of drug-likeness (QED) is 0.450. The molecular weight excluding hydrogens is 219 g/mol. The van der Waals surface area contributed by atoms with Gasteiger partial charge in [-0.25, -0.2) is 0 Å². The van der Waals surface area contributed by atoms with Gasteiger partial charge in [0, 0.05) is 0 Å². The Hall–Kier alpha value is 0.220. The molecule has 0 aromatic carbocycles. The first-order valence-electron chi connectivity index (χ1n) is 4.21. The zero-order valence-corrected chi connectivity index (χ0v) is 10.3. The molecule has 0 bridgehead atoms. The van der Waals surface area contributed by atoms with Gasteiger partial charge in [0.1, 0.15) is 0 Å². The summed E-state index contributed by atoms with van der Waals surface area (Å²) >= 11 is 9.74. The molecule has 2 atom stereocenters. The molecule has 1 aliphatic carbocycles. The summed E-state index contributed by atoms with van der Waals surface area (Å²) in [5, 5.41) is 0.922. The van der Waals surface area contributed by atoms with Crippen molar-refractivity contribution < 1.29 is 4.52 Å². The molecule has 0 N–H and O–H groups in total. The van der Waals surface area contributed by atoms with Crippen LogP contribution in [-0.2, 0) is 16.3 Å². The third-order valence-electron chi connectivity index (χ3n) is 1.78. The maximum Gasteiger partial charge on any atom is 0.153 e. The Bertz CT molecular complexity index is 327. The van der Waals surface area contributed by atoms with Crippen molar-refractivity contribution in [3.05, 3.63) is 29.3 Å². The molecule has 1 nitrogen and oxygen atoms in total. The average molecular weight is 232 g/mol. The zero-order chi connectivity index (χ0) is 9.90. The zero-order valence-electron chi connectivity index (χ0n) is 7.73. The molecule has 0 aromatic heterocycles. The van der Waals surface area contributed by atoms with Gasteiger partial charge in [-0.2, -0.15) is 0 Å². The highest BCUT2D eigenvalue weighted by Crippen LogP contribution is 2.61. The molecule has 2 unspecified atom stereocenters. The Morgan fingerprint density at radius 1 is 1.77 bits per heavy atom. The molecule has 0 spiro atoms. The molecule has 1 rings (SSSR count). The lowest BCUT2D eigenvalue weighted by Crippen LogP contribution is -2.02. The second-order valence-corrected chi connectivity index (χ2v) is 8.68. The van der Waals surface area contributed by atoms with Crippen LogP contribution in [0.5, 0.6) is 0 Å². The van der Waals surface area contributed by atoms with Crippen LogP contribution >= 0.6 is 17.7 Å². The summed E-state index contributed by atoms with van der Waals surface area (Å²) < 4.78 is 5.69. The maximum atomic E-state index is 5.69. The van der Waals surface area contributed by atoms with Gasteiger partial charge >= 0.3 is 0 Å². The van der Waals surface area contributed by atoms with Gasteiger partial charge in [-0.1, -0.05) is 24.8 Å². The van der Waals surface area contributed by atoms with Crippen LogP contribution in [0.25, 0.3) is 0 Å². The topological polar surface area (TPSA) is 9.23 Å². The summed E-state index contributed by atoms with van der Waals surface area (Å²) in [7, 11) is 0. The summed E-state index contributed by atoms with van der Waals surface area (Å²) in [6.45, 7) is 4.09. The van der Waals surface area contributed by atoms with Gasteiger partial charge < -0.3 is 4.52 Å². The predicted octanol–water partition coefficient (Wildman–Crippen LogP) is 3.65. The van der Waals surface area contributed by atoms with Crippen LogP contribution < -0.4 is 0 Å². The smallest absolute Gasteiger partial charge is 0.153 e. The summed E-state index contributed by atoms with van der Waals surface area (Å²) in [4.78, 5) is 0. The fraction of sp³-hybridized carbons (Fsp3) is 0.444. The minimum absolute atomic E-state index is 0.173. The standard InChI is InChI=1S/C9H13OPS2/c1-3-8(2)10-11(12,13)9-6-4-5-7-9/h4-6,8H,3H2,1-2H3,(H,12,13). The summed E-state index contributed by atoms with van der Waals surface area (Å²) in [6, 6.07) is 0. The van der Waals surface area contributed by atoms with E-state index in [4.69, 9.17) is 16.3 Å². The van der Waals surface area contributed by atoms with Crippen molar-refractivity contribution in [1.82, 2.24) is 0 Å². The highest BCUT2D eigenvalue weighted by molar-refractivity contribution is 8.63. The molecule has 0 radical (unpaired) electrons. The lowest BCUT2D eigenvalue weighted by molar-refractivity contribution is 0.249. The number of thiol groups is 1. The SMILES string of the molecule is CCC(C)OP(=S)(S)C1=C=CC=C1. The average Bonchev–Trinajstić information content (AvgIpc) is 2.55. The van der Waals surface area contributed by atoms with Crippen LogP contribution in [0.15, 0.2) is 29.3 Å². The second kappa shape index (κ2) is 4.63. The largest absolute Gasteiger partial charge is 0.335 e. The highest BCUT2D eigenvalue weighted by atomic mass is 32.9. The van der Waals surface area contributed by atoms with Gasteiger partial charge in [0.05, 0.1) is 11.4 Å². The van der Waals surface area contributed by atoms with Gasteiger partial charge in [-0.15, -0.1) is 18.0 Å². The molecule has 0 saturated heterocycles. The van der Waals surface area contributed by atoms with E-state index in [0.717, 1.165) is 11.7 Å². The van der Waals surface area contributed by atoms with E-state index in [2.05, 4.69) is 24.9 Å². The van der Waals surface area contributed by atoms with E-state index < -0.39 is 5.47 Å². The molecule has 0 aliphatic heterocycles. The molecular formula is C9H13OPS2. The third-order valence-corrected chi connectivity index (χ3v) is 5.09. The van der Waals surface area contributed by atoms with Crippen LogP contribution in [0.3, 0.4) is 0 Å². The fourth-order valence-electron chi connectivity index (χ4n) is 0.872. The molecule has 72 valence electrons. The number of allylic oxidation sites excluding steroid dienone is 3. The van der Waals surface area contributed by atoms with E-state index >= 15 is 0 Å². The molecule has 0 amide bonds. The highest BCUT2D eigenvalue weighted by Gasteiger charge is 2.19. The Balaban J connectivity index is 2.72. The first-order valence-corrected chi connectivity index (χ1v) is 8.08. The Morgan fingerprint density at radius 2 is 2.46 bits per heavy atom. The first-order chi connectivity index (χ1) is 6.06. The van der Waals surface area contributed by atoms with Gasteiger partial charge in [0.2, 0.25) is 0 Å². The van der Waals surface area contributed by atoms with Crippen LogP contribution in [0.1, 0.15) is 20.3 Å². The van der Waals surface area contributed by atoms with E-state index in [0.29, 0.717) is 0 Å². The van der Waals surface area contributed by atoms with Crippen molar-refractivity contribution in [3.63, 3.8) is 0 Å². The number of hydrogen-bond donors (Lipinski definition) is 1. The van der Waals surface area contributed by atoms with Gasteiger partial charge in [-0.3, -0.25) is 0 Å². The third kappa shape index (κ3) is 3.12. The molecule has 0 saturated carbocycles. The van der Waals surface area contributed by atoms with E-state index in [-0.39, 0.29) is 6.10 Å². The second-order valence-electron chi connectivity index (χ2n) is 2.90. The van der Waals surface area contributed by atoms with Crippen molar-refractivity contribution in [2.24, 2.45) is 0 Å². The normalized spacial score (nSPS) is 21.3. The molecule has 0 aromatic rings. The van der Waals surface area contributed by atoms with Crippen LogP contribution in [0, 0.1) is 0 Å². The predicted molar refractivity (Wildman–Crippen MR) is 64.8 cm³/mol. The Labute approximate surface area is 89.8 Å². The molecule has 0 fully saturated rings. The Kier molecular flexibility index (Phi) is 4.03. The summed E-state index contributed by atoms with van der Waals surface area (Å²) in [5.41, 5.74) is 0.953. The lowest BCUT2D eigenvalue weighted by atomic mass is 10.3. The lowest BCUT2D eigenvalue weighted by Gasteiger charge is -2.20. The molecule has 0 heterocycles. The van der Waals surface area contributed by atoms with E-state index in [1.54, 1.807) is 0 Å². The summed E-state index contributed by atoms with van der Waals surface area (Å²) in [6.07, 6.45) is 6.81. The minimum atomic E-state index is -2.10. The van der Waals surface area contributed by atoms with Gasteiger partial charge in [-0.05, 0) is 25.5 Å². The van der Waals surface area contributed by atoms with Crippen molar-refractivity contribution in [2.75, 3.05) is 0 Å².